The van der Waals surface area contributed by atoms with Gasteiger partial charge in [0.25, 0.3) is 0 Å². The molecule has 1 aromatic heterocycles. The van der Waals surface area contributed by atoms with E-state index >= 15 is 0 Å². The van der Waals surface area contributed by atoms with Crippen LogP contribution in [0, 0.1) is 0 Å². The van der Waals surface area contributed by atoms with Crippen LogP contribution in [0.25, 0.3) is 11.3 Å². The van der Waals surface area contributed by atoms with Crippen LogP contribution in [0.3, 0.4) is 0 Å². The fourth-order valence-corrected chi connectivity index (χ4v) is 1.70. The van der Waals surface area contributed by atoms with E-state index in [0.717, 1.165) is 30.0 Å². The second-order valence-corrected chi connectivity index (χ2v) is 5.34. The van der Waals surface area contributed by atoms with Gasteiger partial charge in [-0.3, -0.25) is 0 Å². The number of benzene rings is 1. The first-order valence-electron chi connectivity index (χ1n) is 6.46. The van der Waals surface area contributed by atoms with E-state index in [4.69, 9.17) is 5.73 Å². The van der Waals surface area contributed by atoms with Crippen LogP contribution in [0.1, 0.15) is 20.3 Å². The van der Waals surface area contributed by atoms with Crippen LogP contribution in [0.15, 0.2) is 42.5 Å². The highest BCUT2D eigenvalue weighted by atomic mass is 15.2. The molecule has 19 heavy (non-hydrogen) atoms. The standard InChI is InChI=1S/C15H20N4/c1-15(2,16)10-11-17-14-9-8-13(18-19-14)12-6-4-3-5-7-12/h3-9H,10-11,16H2,1-2H3,(H,17,19). The number of rotatable bonds is 5. The summed E-state index contributed by atoms with van der Waals surface area (Å²) in [6, 6.07) is 13.9. The van der Waals surface area contributed by atoms with Gasteiger partial charge in [0.05, 0.1) is 5.69 Å². The minimum atomic E-state index is -0.162. The minimum Gasteiger partial charge on any atom is -0.369 e. The van der Waals surface area contributed by atoms with Crippen LogP contribution >= 0.6 is 0 Å². The molecule has 2 rings (SSSR count). The highest BCUT2D eigenvalue weighted by Crippen LogP contribution is 2.16. The molecule has 0 aliphatic heterocycles. The summed E-state index contributed by atoms with van der Waals surface area (Å²) in [5, 5.41) is 11.6. The quantitative estimate of drug-likeness (QED) is 0.863. The van der Waals surface area contributed by atoms with Gasteiger partial charge in [-0.05, 0) is 32.4 Å². The molecule has 0 saturated carbocycles. The number of hydrogen-bond acceptors (Lipinski definition) is 4. The molecule has 4 nitrogen and oxygen atoms in total. The summed E-state index contributed by atoms with van der Waals surface area (Å²) in [5.41, 5.74) is 7.72. The average molecular weight is 256 g/mol. The van der Waals surface area contributed by atoms with E-state index < -0.39 is 0 Å². The van der Waals surface area contributed by atoms with Crippen molar-refractivity contribution in [2.24, 2.45) is 5.73 Å². The maximum Gasteiger partial charge on any atom is 0.148 e. The number of nitrogens with one attached hydrogen (secondary N) is 1. The molecule has 0 aliphatic carbocycles. The largest absolute Gasteiger partial charge is 0.369 e. The molecule has 1 aromatic carbocycles. The van der Waals surface area contributed by atoms with Crippen molar-refractivity contribution in [1.82, 2.24) is 10.2 Å². The number of anilines is 1. The van der Waals surface area contributed by atoms with E-state index in [1.165, 1.54) is 0 Å². The molecule has 2 aromatic rings. The van der Waals surface area contributed by atoms with Crippen molar-refractivity contribution in [2.45, 2.75) is 25.8 Å². The summed E-state index contributed by atoms with van der Waals surface area (Å²) in [5.74, 6) is 0.781. The number of hydrogen-bond donors (Lipinski definition) is 2. The summed E-state index contributed by atoms with van der Waals surface area (Å²) in [6.07, 6.45) is 0.884. The molecule has 0 aliphatic rings. The van der Waals surface area contributed by atoms with Crippen LogP contribution in [0.2, 0.25) is 0 Å². The molecule has 0 bridgehead atoms. The smallest absolute Gasteiger partial charge is 0.148 e. The Bertz CT molecular complexity index is 500. The van der Waals surface area contributed by atoms with Gasteiger partial charge in [0.15, 0.2) is 0 Å². The van der Waals surface area contributed by atoms with E-state index in [1.54, 1.807) is 0 Å². The molecule has 0 amide bonds. The van der Waals surface area contributed by atoms with Crippen LogP contribution in [0.5, 0.6) is 0 Å². The first kappa shape index (κ1) is 13.5. The van der Waals surface area contributed by atoms with Crippen LogP contribution < -0.4 is 11.1 Å². The third kappa shape index (κ3) is 4.34. The highest BCUT2D eigenvalue weighted by Gasteiger charge is 2.09. The van der Waals surface area contributed by atoms with Crippen molar-refractivity contribution in [3.63, 3.8) is 0 Å². The van der Waals surface area contributed by atoms with E-state index in [9.17, 15) is 0 Å². The van der Waals surface area contributed by atoms with E-state index in [0.29, 0.717) is 0 Å². The Morgan fingerprint density at radius 3 is 2.37 bits per heavy atom. The van der Waals surface area contributed by atoms with Gasteiger partial charge < -0.3 is 11.1 Å². The normalized spacial score (nSPS) is 11.3. The minimum absolute atomic E-state index is 0.162. The summed E-state index contributed by atoms with van der Waals surface area (Å²) in [7, 11) is 0. The molecule has 3 N–H and O–H groups in total. The predicted molar refractivity (Wildman–Crippen MR) is 78.8 cm³/mol. The fraction of sp³-hybridized carbons (Fsp3) is 0.333. The Morgan fingerprint density at radius 2 is 1.79 bits per heavy atom. The molecule has 0 spiro atoms. The summed E-state index contributed by atoms with van der Waals surface area (Å²) in [4.78, 5) is 0. The Labute approximate surface area is 114 Å². The molecule has 4 heteroatoms. The summed E-state index contributed by atoms with van der Waals surface area (Å²) < 4.78 is 0. The zero-order chi connectivity index (χ0) is 13.7. The van der Waals surface area contributed by atoms with Gasteiger partial charge in [-0.15, -0.1) is 10.2 Å². The fourth-order valence-electron chi connectivity index (χ4n) is 1.70. The molecule has 0 atom stereocenters. The average Bonchev–Trinajstić information content (AvgIpc) is 2.39. The molecule has 100 valence electrons. The van der Waals surface area contributed by atoms with Gasteiger partial charge >= 0.3 is 0 Å². The molecule has 0 radical (unpaired) electrons. The summed E-state index contributed by atoms with van der Waals surface area (Å²) >= 11 is 0. The van der Waals surface area contributed by atoms with Gasteiger partial charge in [-0.2, -0.15) is 0 Å². The molecule has 0 fully saturated rings. The van der Waals surface area contributed by atoms with E-state index in [-0.39, 0.29) is 5.54 Å². The molecule has 0 saturated heterocycles. The zero-order valence-electron chi connectivity index (χ0n) is 11.4. The first-order valence-corrected chi connectivity index (χ1v) is 6.46. The van der Waals surface area contributed by atoms with Crippen LogP contribution in [-0.4, -0.2) is 22.3 Å². The second kappa shape index (κ2) is 5.80. The third-order valence-corrected chi connectivity index (χ3v) is 2.81. The number of nitrogens with zero attached hydrogens (tertiary/aromatic N) is 2. The van der Waals surface area contributed by atoms with Crippen molar-refractivity contribution in [3.8, 4) is 11.3 Å². The monoisotopic (exact) mass is 256 g/mol. The lowest BCUT2D eigenvalue weighted by atomic mass is 10.0. The SMILES string of the molecule is CC(C)(N)CCNc1ccc(-c2ccccc2)nn1. The number of nitrogens with two attached hydrogens (primary N) is 1. The maximum atomic E-state index is 5.92. The van der Waals surface area contributed by atoms with E-state index in [1.807, 2.05) is 56.3 Å². The van der Waals surface area contributed by atoms with Gasteiger partial charge in [0.2, 0.25) is 0 Å². The first-order chi connectivity index (χ1) is 9.04. The van der Waals surface area contributed by atoms with Gasteiger partial charge in [-0.1, -0.05) is 30.3 Å². The topological polar surface area (TPSA) is 63.8 Å². The zero-order valence-corrected chi connectivity index (χ0v) is 11.4. The van der Waals surface area contributed by atoms with Gasteiger partial charge in [0, 0.05) is 17.6 Å². The molecule has 1 heterocycles. The Hall–Kier alpha value is -1.94. The van der Waals surface area contributed by atoms with Gasteiger partial charge in [-0.25, -0.2) is 0 Å². The van der Waals surface area contributed by atoms with Crippen molar-refractivity contribution >= 4 is 5.82 Å². The number of aromatic nitrogens is 2. The van der Waals surface area contributed by atoms with Crippen molar-refractivity contribution < 1.29 is 0 Å². The molecule has 0 unspecified atom stereocenters. The lowest BCUT2D eigenvalue weighted by Gasteiger charge is -2.18. The summed E-state index contributed by atoms with van der Waals surface area (Å²) in [6.45, 7) is 4.82. The van der Waals surface area contributed by atoms with Crippen molar-refractivity contribution in [3.05, 3.63) is 42.5 Å². The van der Waals surface area contributed by atoms with Crippen LogP contribution in [0.4, 0.5) is 5.82 Å². The van der Waals surface area contributed by atoms with Crippen molar-refractivity contribution in [2.75, 3.05) is 11.9 Å². The molecular formula is C15H20N4. The third-order valence-electron chi connectivity index (χ3n) is 2.81. The highest BCUT2D eigenvalue weighted by molar-refractivity contribution is 5.59. The van der Waals surface area contributed by atoms with Gasteiger partial charge in [0.1, 0.15) is 5.82 Å². The van der Waals surface area contributed by atoms with Crippen molar-refractivity contribution in [1.29, 1.82) is 0 Å². The van der Waals surface area contributed by atoms with E-state index in [2.05, 4.69) is 15.5 Å². The Morgan fingerprint density at radius 1 is 1.05 bits per heavy atom. The molecular weight excluding hydrogens is 236 g/mol. The lowest BCUT2D eigenvalue weighted by Crippen LogP contribution is -2.34. The predicted octanol–water partition coefficient (Wildman–Crippen LogP) is 2.68. The lowest BCUT2D eigenvalue weighted by molar-refractivity contribution is 0.490. The van der Waals surface area contributed by atoms with Crippen LogP contribution in [-0.2, 0) is 0 Å². The second-order valence-electron chi connectivity index (χ2n) is 5.34. The Balaban J connectivity index is 1.96. The maximum absolute atomic E-state index is 5.92. The Kier molecular flexibility index (Phi) is 4.12.